The van der Waals surface area contributed by atoms with Crippen LogP contribution < -0.4 is 14.8 Å². The molecule has 3 fully saturated rings. The molecule has 1 N–H and O–H groups in total. The number of hydrogen-bond donors (Lipinski definition) is 1. The van der Waals surface area contributed by atoms with E-state index in [9.17, 15) is 4.79 Å². The van der Waals surface area contributed by atoms with Crippen LogP contribution in [-0.4, -0.2) is 63.7 Å². The summed E-state index contributed by atoms with van der Waals surface area (Å²) in [6, 6.07) is 13.9. The van der Waals surface area contributed by atoms with Gasteiger partial charge in [-0.15, -0.1) is 0 Å². The molecule has 6 rings (SSSR count). The molecule has 4 aliphatic rings. The van der Waals surface area contributed by atoms with Gasteiger partial charge in [-0.05, 0) is 49.5 Å². The number of rotatable bonds is 7. The molecule has 0 spiro atoms. The summed E-state index contributed by atoms with van der Waals surface area (Å²) in [7, 11) is 1.66. The van der Waals surface area contributed by atoms with E-state index >= 15 is 0 Å². The molecule has 7 nitrogen and oxygen atoms in total. The summed E-state index contributed by atoms with van der Waals surface area (Å²) < 4.78 is 23.2. The summed E-state index contributed by atoms with van der Waals surface area (Å²) in [5, 5.41) is 3.18. The second-order valence-electron chi connectivity index (χ2n) is 10.5. The summed E-state index contributed by atoms with van der Waals surface area (Å²) in [4.78, 5) is 15.4. The Labute approximate surface area is 207 Å². The van der Waals surface area contributed by atoms with E-state index in [-0.39, 0.29) is 23.7 Å². The van der Waals surface area contributed by atoms with Crippen LogP contribution in [0.1, 0.15) is 38.3 Å². The average molecular weight is 481 g/mol. The number of alkyl carbamates (subject to hydrolysis) is 1. The molecule has 35 heavy (non-hydrogen) atoms. The van der Waals surface area contributed by atoms with Crippen LogP contribution in [-0.2, 0) is 9.47 Å². The van der Waals surface area contributed by atoms with Gasteiger partial charge in [0.2, 0.25) is 0 Å². The first-order valence-electron chi connectivity index (χ1n) is 12.6. The third-order valence-corrected chi connectivity index (χ3v) is 7.57. The number of carbonyl (C=O) groups excluding carboxylic acids is 1. The van der Waals surface area contributed by atoms with E-state index in [0.29, 0.717) is 25.7 Å². The number of nitrogens with one attached hydrogen (secondary N) is 1. The average Bonchev–Trinajstić information content (AvgIpc) is 2.87. The fourth-order valence-electron chi connectivity index (χ4n) is 5.51. The lowest BCUT2D eigenvalue weighted by atomic mass is 9.78. The van der Waals surface area contributed by atoms with E-state index in [2.05, 4.69) is 36.2 Å². The Morgan fingerprint density at radius 3 is 2.69 bits per heavy atom. The number of methoxy groups -OCH3 is 1. The van der Waals surface area contributed by atoms with Gasteiger partial charge in [-0.3, -0.25) is 4.90 Å². The molecule has 3 saturated heterocycles. The molecule has 1 unspecified atom stereocenters. The standard InChI is InChI=1S/C28H36N2O5/c1-28(2)18-34-24-16-20(21-6-4-5-7-23(21)33-15-14-32-3)8-9-22(24)26(28)29-27(31)35-25-17-30-12-10-19(25)11-13-30/h4-9,16,19,25-26H,10-15,17-18H2,1-3H3,(H,29,31)/t25-,26?/m0/s1. The maximum atomic E-state index is 13.0. The van der Waals surface area contributed by atoms with Crippen LogP contribution in [0.5, 0.6) is 11.5 Å². The van der Waals surface area contributed by atoms with Crippen molar-refractivity contribution in [1.82, 2.24) is 10.2 Å². The van der Waals surface area contributed by atoms with Crippen molar-refractivity contribution in [2.75, 3.05) is 46.6 Å². The molecular weight excluding hydrogens is 444 g/mol. The Hall–Kier alpha value is -2.77. The van der Waals surface area contributed by atoms with Crippen molar-refractivity contribution in [1.29, 1.82) is 0 Å². The van der Waals surface area contributed by atoms with Crippen LogP contribution in [0.15, 0.2) is 42.5 Å². The van der Waals surface area contributed by atoms with E-state index in [1.165, 1.54) is 0 Å². The second kappa shape index (κ2) is 10.1. The minimum absolute atomic E-state index is 0.0168. The third-order valence-electron chi connectivity index (χ3n) is 7.57. The topological polar surface area (TPSA) is 69.3 Å². The van der Waals surface area contributed by atoms with Crippen LogP contribution in [0, 0.1) is 11.3 Å². The molecule has 7 heteroatoms. The van der Waals surface area contributed by atoms with Crippen LogP contribution in [0.4, 0.5) is 4.79 Å². The molecule has 2 aromatic rings. The highest BCUT2D eigenvalue weighted by Crippen LogP contribution is 2.45. The number of piperidine rings is 3. The number of benzene rings is 2. The third kappa shape index (κ3) is 5.11. The van der Waals surface area contributed by atoms with Crippen molar-refractivity contribution < 1.29 is 23.7 Å². The number of ether oxygens (including phenoxy) is 4. The van der Waals surface area contributed by atoms with Gasteiger partial charge in [0.15, 0.2) is 0 Å². The molecule has 2 bridgehead atoms. The maximum Gasteiger partial charge on any atom is 0.407 e. The van der Waals surface area contributed by atoms with Gasteiger partial charge in [-0.1, -0.05) is 44.2 Å². The normalized spacial score (nSPS) is 26.4. The molecule has 4 heterocycles. The lowest BCUT2D eigenvalue weighted by Gasteiger charge is -2.44. The van der Waals surface area contributed by atoms with Crippen molar-refractivity contribution in [2.45, 2.75) is 38.8 Å². The largest absolute Gasteiger partial charge is 0.493 e. The maximum absolute atomic E-state index is 13.0. The van der Waals surface area contributed by atoms with Gasteiger partial charge in [-0.2, -0.15) is 0 Å². The molecule has 1 amide bonds. The molecular formula is C28H36N2O5. The van der Waals surface area contributed by atoms with Crippen molar-refractivity contribution in [3.05, 3.63) is 48.0 Å². The quantitative estimate of drug-likeness (QED) is 0.582. The summed E-state index contributed by atoms with van der Waals surface area (Å²) in [5.74, 6) is 2.06. The molecule has 188 valence electrons. The van der Waals surface area contributed by atoms with Crippen molar-refractivity contribution in [2.24, 2.45) is 11.3 Å². The SMILES string of the molecule is COCCOc1ccccc1-c1ccc2c(c1)OCC(C)(C)C2NC(=O)O[C@H]1CN2CCC1CC2. The van der Waals surface area contributed by atoms with E-state index in [0.717, 1.165) is 60.7 Å². The van der Waals surface area contributed by atoms with Gasteiger partial charge < -0.3 is 24.3 Å². The Bertz CT molecular complexity index is 1050. The summed E-state index contributed by atoms with van der Waals surface area (Å²) in [5.41, 5.74) is 2.69. The fourth-order valence-corrected chi connectivity index (χ4v) is 5.51. The smallest absolute Gasteiger partial charge is 0.407 e. The van der Waals surface area contributed by atoms with Gasteiger partial charge in [-0.25, -0.2) is 4.79 Å². The predicted molar refractivity (Wildman–Crippen MR) is 134 cm³/mol. The van der Waals surface area contributed by atoms with E-state index in [1.54, 1.807) is 7.11 Å². The predicted octanol–water partition coefficient (Wildman–Crippen LogP) is 4.66. The zero-order valence-corrected chi connectivity index (χ0v) is 20.9. The summed E-state index contributed by atoms with van der Waals surface area (Å²) in [6.07, 6.45) is 1.87. The van der Waals surface area contributed by atoms with Crippen molar-refractivity contribution in [3.8, 4) is 22.6 Å². The van der Waals surface area contributed by atoms with Crippen LogP contribution >= 0.6 is 0 Å². The Morgan fingerprint density at radius 1 is 1.14 bits per heavy atom. The monoisotopic (exact) mass is 480 g/mol. The van der Waals surface area contributed by atoms with Gasteiger partial charge in [0.05, 0.1) is 19.3 Å². The number of nitrogens with zero attached hydrogens (tertiary/aromatic N) is 1. The second-order valence-corrected chi connectivity index (χ2v) is 10.5. The minimum atomic E-state index is -0.337. The first-order chi connectivity index (χ1) is 16.9. The van der Waals surface area contributed by atoms with Crippen LogP contribution in [0.3, 0.4) is 0 Å². The van der Waals surface area contributed by atoms with Gasteiger partial charge in [0.1, 0.15) is 24.2 Å². The molecule has 4 aliphatic heterocycles. The summed E-state index contributed by atoms with van der Waals surface area (Å²) in [6.45, 7) is 8.83. The van der Waals surface area contributed by atoms with Crippen molar-refractivity contribution >= 4 is 6.09 Å². The highest BCUT2D eigenvalue weighted by atomic mass is 16.6. The fraction of sp³-hybridized carbons (Fsp3) is 0.536. The van der Waals surface area contributed by atoms with Gasteiger partial charge in [0, 0.05) is 30.2 Å². The molecule has 2 aromatic carbocycles. The Balaban J connectivity index is 1.34. The number of amides is 1. The molecule has 0 saturated carbocycles. The number of fused-ring (bicyclic) bond motifs is 4. The zero-order chi connectivity index (χ0) is 24.4. The molecule has 0 aromatic heterocycles. The molecule has 2 atom stereocenters. The lowest BCUT2D eigenvalue weighted by Crippen LogP contribution is -2.53. The Morgan fingerprint density at radius 2 is 1.94 bits per heavy atom. The van der Waals surface area contributed by atoms with Gasteiger partial charge >= 0.3 is 6.09 Å². The minimum Gasteiger partial charge on any atom is -0.493 e. The van der Waals surface area contributed by atoms with E-state index in [1.807, 2.05) is 30.3 Å². The van der Waals surface area contributed by atoms with E-state index in [4.69, 9.17) is 18.9 Å². The van der Waals surface area contributed by atoms with Crippen LogP contribution in [0.2, 0.25) is 0 Å². The van der Waals surface area contributed by atoms with Crippen molar-refractivity contribution in [3.63, 3.8) is 0 Å². The Kier molecular flexibility index (Phi) is 6.89. The first kappa shape index (κ1) is 23.9. The highest BCUT2D eigenvalue weighted by molar-refractivity contribution is 5.73. The highest BCUT2D eigenvalue weighted by Gasteiger charge is 2.41. The van der Waals surface area contributed by atoms with Crippen LogP contribution in [0.25, 0.3) is 11.1 Å². The lowest BCUT2D eigenvalue weighted by molar-refractivity contribution is -0.0361. The van der Waals surface area contributed by atoms with E-state index < -0.39 is 0 Å². The number of hydrogen-bond acceptors (Lipinski definition) is 6. The summed E-state index contributed by atoms with van der Waals surface area (Å²) >= 11 is 0. The first-order valence-corrected chi connectivity index (χ1v) is 12.6. The zero-order valence-electron chi connectivity index (χ0n) is 20.9. The molecule has 0 radical (unpaired) electrons. The number of carbonyl (C=O) groups is 1. The van der Waals surface area contributed by atoms with Gasteiger partial charge in [0.25, 0.3) is 0 Å². The number of para-hydroxylation sites is 1. The molecule has 0 aliphatic carbocycles.